The molecule has 0 aliphatic rings. The molecule has 0 aliphatic carbocycles. The quantitative estimate of drug-likeness (QED) is 0.311. The Morgan fingerprint density at radius 1 is 0.786 bits per heavy atom. The summed E-state index contributed by atoms with van der Waals surface area (Å²) in [6, 6.07) is 19.0. The molecular weight excluding hydrogens is 392 g/mol. The number of hydrogen-bond donors (Lipinski definition) is 2. The molecule has 0 N–H and O–H groups in total. The van der Waals surface area contributed by atoms with E-state index in [0.717, 1.165) is 17.5 Å². The summed E-state index contributed by atoms with van der Waals surface area (Å²) in [6.07, 6.45) is 0.478. The van der Waals surface area contributed by atoms with Crippen LogP contribution in [0.4, 0.5) is 0 Å². The monoisotopic (exact) mass is 418 g/mol. The van der Waals surface area contributed by atoms with Gasteiger partial charge in [0, 0.05) is 16.9 Å². The first-order chi connectivity index (χ1) is 13.5. The van der Waals surface area contributed by atoms with Gasteiger partial charge in [0.2, 0.25) is 6.29 Å². The molecule has 0 amide bonds. The third-order valence-electron chi connectivity index (χ3n) is 4.14. The van der Waals surface area contributed by atoms with Gasteiger partial charge in [-0.25, -0.2) is 0 Å². The third kappa shape index (κ3) is 7.60. The van der Waals surface area contributed by atoms with Crippen LogP contribution in [0.1, 0.15) is 54.2 Å². The van der Waals surface area contributed by atoms with Gasteiger partial charge in [0.25, 0.3) is 0 Å². The van der Waals surface area contributed by atoms with Gasteiger partial charge in [-0.1, -0.05) is 67.6 Å². The predicted octanol–water partition coefficient (Wildman–Crippen LogP) is 5.32. The minimum Gasteiger partial charge on any atom is -0.425 e. The molecule has 2 atom stereocenters. The van der Waals surface area contributed by atoms with Gasteiger partial charge in [-0.2, -0.15) is 25.3 Å². The van der Waals surface area contributed by atoms with E-state index >= 15 is 0 Å². The Hall–Kier alpha value is -1.92. The fourth-order valence-corrected chi connectivity index (χ4v) is 3.31. The summed E-state index contributed by atoms with van der Waals surface area (Å²) in [5.41, 5.74) is 1.88. The molecule has 0 aromatic heterocycles. The highest BCUT2D eigenvalue weighted by molar-refractivity contribution is 7.80. The van der Waals surface area contributed by atoms with Crippen molar-refractivity contribution in [2.45, 2.75) is 49.4 Å². The topological polar surface area (TPSA) is 52.6 Å². The first kappa shape index (κ1) is 22.4. The zero-order chi connectivity index (χ0) is 20.4. The van der Waals surface area contributed by atoms with Gasteiger partial charge < -0.3 is 9.47 Å². The largest absolute Gasteiger partial charge is 0.425 e. The fourth-order valence-electron chi connectivity index (χ4n) is 2.67. The van der Waals surface area contributed by atoms with Gasteiger partial charge in [0.1, 0.15) is 0 Å². The fraction of sp³-hybridized carbons (Fsp3) is 0.364. The molecule has 0 heterocycles. The molecule has 2 unspecified atom stereocenters. The summed E-state index contributed by atoms with van der Waals surface area (Å²) < 4.78 is 10.8. The van der Waals surface area contributed by atoms with Crippen molar-refractivity contribution in [2.24, 2.45) is 0 Å². The van der Waals surface area contributed by atoms with Crippen molar-refractivity contribution in [1.29, 1.82) is 0 Å². The Morgan fingerprint density at radius 3 is 1.54 bits per heavy atom. The number of rotatable bonds is 10. The molecular formula is C22H26O4S2. The molecule has 0 spiro atoms. The molecule has 0 radical (unpaired) electrons. The molecule has 2 aromatic carbocycles. The molecule has 0 aliphatic heterocycles. The summed E-state index contributed by atoms with van der Waals surface area (Å²) >= 11 is 8.94. The molecule has 0 saturated carbocycles. The Labute approximate surface area is 177 Å². The SMILES string of the molecule is CCCC(OC(=O)CC(S)c1ccccc1)OC(=O)CC(S)c1ccccc1. The molecule has 28 heavy (non-hydrogen) atoms. The highest BCUT2D eigenvalue weighted by Crippen LogP contribution is 2.26. The van der Waals surface area contributed by atoms with Crippen LogP contribution in [0.25, 0.3) is 0 Å². The Balaban J connectivity index is 1.86. The van der Waals surface area contributed by atoms with Crippen LogP contribution in [0.15, 0.2) is 60.7 Å². The summed E-state index contributed by atoms with van der Waals surface area (Å²) in [7, 11) is 0. The lowest BCUT2D eigenvalue weighted by molar-refractivity contribution is -0.189. The Morgan fingerprint density at radius 2 is 1.18 bits per heavy atom. The average molecular weight is 419 g/mol. The number of carbonyl (C=O) groups is 2. The maximum absolute atomic E-state index is 12.3. The van der Waals surface area contributed by atoms with Crippen LogP contribution in [-0.2, 0) is 19.1 Å². The van der Waals surface area contributed by atoms with Crippen molar-refractivity contribution in [3.8, 4) is 0 Å². The number of hydrogen-bond acceptors (Lipinski definition) is 6. The molecule has 2 rings (SSSR count). The van der Waals surface area contributed by atoms with E-state index in [4.69, 9.17) is 9.47 Å². The molecule has 4 nitrogen and oxygen atoms in total. The van der Waals surface area contributed by atoms with Crippen molar-refractivity contribution in [2.75, 3.05) is 0 Å². The van der Waals surface area contributed by atoms with E-state index in [9.17, 15) is 9.59 Å². The van der Waals surface area contributed by atoms with Crippen LogP contribution in [0, 0.1) is 0 Å². The van der Waals surface area contributed by atoms with Gasteiger partial charge in [0.05, 0.1) is 12.8 Å². The van der Waals surface area contributed by atoms with Crippen LogP contribution in [0.2, 0.25) is 0 Å². The smallest absolute Gasteiger partial charge is 0.310 e. The Bertz CT molecular complexity index is 675. The third-order valence-corrected chi connectivity index (χ3v) is 5.10. The van der Waals surface area contributed by atoms with E-state index < -0.39 is 18.2 Å². The second-order valence-electron chi connectivity index (χ2n) is 6.46. The van der Waals surface area contributed by atoms with E-state index in [1.54, 1.807) is 0 Å². The lowest BCUT2D eigenvalue weighted by Gasteiger charge is -2.20. The van der Waals surface area contributed by atoms with Crippen LogP contribution >= 0.6 is 25.3 Å². The number of esters is 2. The second-order valence-corrected chi connectivity index (χ2v) is 7.71. The van der Waals surface area contributed by atoms with Crippen LogP contribution in [0.3, 0.4) is 0 Å². The van der Waals surface area contributed by atoms with Crippen molar-refractivity contribution >= 4 is 37.2 Å². The van der Waals surface area contributed by atoms with Crippen LogP contribution in [-0.4, -0.2) is 18.2 Å². The Kier molecular flexibility index (Phi) is 9.44. The normalized spacial score (nSPS) is 14.0. The van der Waals surface area contributed by atoms with Crippen molar-refractivity contribution in [3.05, 3.63) is 71.8 Å². The van der Waals surface area contributed by atoms with Crippen molar-refractivity contribution < 1.29 is 19.1 Å². The van der Waals surface area contributed by atoms with Crippen molar-refractivity contribution in [1.82, 2.24) is 0 Å². The van der Waals surface area contributed by atoms with Gasteiger partial charge in [-0.3, -0.25) is 9.59 Å². The van der Waals surface area contributed by atoms with Crippen LogP contribution in [0.5, 0.6) is 0 Å². The maximum Gasteiger partial charge on any atom is 0.310 e. The van der Waals surface area contributed by atoms with E-state index in [0.29, 0.717) is 6.42 Å². The van der Waals surface area contributed by atoms with E-state index in [1.165, 1.54) is 0 Å². The minimum absolute atomic E-state index is 0.101. The van der Waals surface area contributed by atoms with Gasteiger partial charge in [-0.05, 0) is 17.5 Å². The highest BCUT2D eigenvalue weighted by Gasteiger charge is 2.22. The zero-order valence-corrected chi connectivity index (χ0v) is 17.7. The van der Waals surface area contributed by atoms with Crippen molar-refractivity contribution in [3.63, 3.8) is 0 Å². The van der Waals surface area contributed by atoms with Gasteiger partial charge >= 0.3 is 11.9 Å². The van der Waals surface area contributed by atoms with Gasteiger partial charge in [-0.15, -0.1) is 0 Å². The summed E-state index contributed by atoms with van der Waals surface area (Å²) in [5.74, 6) is -0.888. The molecule has 2 aromatic rings. The zero-order valence-electron chi connectivity index (χ0n) is 15.9. The minimum atomic E-state index is -0.891. The lowest BCUT2D eigenvalue weighted by atomic mass is 10.1. The average Bonchev–Trinajstić information content (AvgIpc) is 2.69. The predicted molar refractivity (Wildman–Crippen MR) is 116 cm³/mol. The summed E-state index contributed by atoms with van der Waals surface area (Å²) in [5, 5.41) is -0.543. The first-order valence-electron chi connectivity index (χ1n) is 9.34. The van der Waals surface area contributed by atoms with E-state index in [-0.39, 0.29) is 23.3 Å². The van der Waals surface area contributed by atoms with Crippen LogP contribution < -0.4 is 0 Å². The standard InChI is InChI=1S/C22H26O4S2/c1-2-9-22(25-20(23)14-18(27)16-10-5-3-6-11-16)26-21(24)15-19(28)17-12-7-4-8-13-17/h3-8,10-13,18-19,22,27-28H,2,9,14-15H2,1H3. The molecule has 0 bridgehead atoms. The molecule has 150 valence electrons. The highest BCUT2D eigenvalue weighted by atomic mass is 32.1. The lowest BCUT2D eigenvalue weighted by Crippen LogP contribution is -2.25. The molecule has 0 fully saturated rings. The second kappa shape index (κ2) is 11.8. The number of benzene rings is 2. The number of thiol groups is 2. The number of ether oxygens (including phenoxy) is 2. The summed E-state index contributed by atoms with van der Waals surface area (Å²) in [4.78, 5) is 24.5. The maximum atomic E-state index is 12.3. The molecule has 0 saturated heterocycles. The molecule has 6 heteroatoms. The number of carbonyl (C=O) groups excluding carboxylic acids is 2. The first-order valence-corrected chi connectivity index (χ1v) is 10.4. The van der Waals surface area contributed by atoms with Gasteiger partial charge in [0.15, 0.2) is 0 Å². The van der Waals surface area contributed by atoms with E-state index in [2.05, 4.69) is 25.3 Å². The van der Waals surface area contributed by atoms with E-state index in [1.807, 2.05) is 67.6 Å². The summed E-state index contributed by atoms with van der Waals surface area (Å²) in [6.45, 7) is 1.94.